The van der Waals surface area contributed by atoms with Crippen molar-refractivity contribution in [2.45, 2.75) is 20.4 Å². The molecular formula is C14H19N5O. The molecule has 2 aromatic rings. The zero-order chi connectivity index (χ0) is 14.5. The van der Waals surface area contributed by atoms with Crippen molar-refractivity contribution in [2.75, 3.05) is 18.5 Å². The summed E-state index contributed by atoms with van der Waals surface area (Å²) >= 11 is 0. The molecule has 6 heteroatoms. The van der Waals surface area contributed by atoms with E-state index in [0.717, 1.165) is 23.6 Å². The summed E-state index contributed by atoms with van der Waals surface area (Å²) in [7, 11) is 1.96. The molecule has 2 heterocycles. The Morgan fingerprint density at radius 3 is 2.75 bits per heavy atom. The number of amides is 1. The summed E-state index contributed by atoms with van der Waals surface area (Å²) < 4.78 is 0. The monoisotopic (exact) mass is 273 g/mol. The molecule has 0 saturated carbocycles. The predicted molar refractivity (Wildman–Crippen MR) is 77.7 cm³/mol. The van der Waals surface area contributed by atoms with E-state index < -0.39 is 0 Å². The maximum Gasteiger partial charge on any atom is 0.252 e. The van der Waals surface area contributed by atoms with Crippen LogP contribution in [0.1, 0.15) is 28.5 Å². The van der Waals surface area contributed by atoms with E-state index in [1.807, 2.05) is 38.1 Å². The van der Waals surface area contributed by atoms with Gasteiger partial charge < -0.3 is 10.2 Å². The topological polar surface area (TPSA) is 73.9 Å². The largest absolute Gasteiger partial charge is 0.355 e. The molecule has 0 aliphatic rings. The van der Waals surface area contributed by atoms with Gasteiger partial charge in [-0.25, -0.2) is 4.98 Å². The molecule has 2 N–H and O–H groups in total. The number of pyridine rings is 1. The van der Waals surface area contributed by atoms with Crippen LogP contribution in [-0.4, -0.2) is 34.7 Å². The highest BCUT2D eigenvalue weighted by Crippen LogP contribution is 2.14. The second-order valence-corrected chi connectivity index (χ2v) is 4.64. The number of hydrogen-bond acceptors (Lipinski definition) is 4. The molecule has 0 spiro atoms. The minimum atomic E-state index is -0.0973. The van der Waals surface area contributed by atoms with Crippen LogP contribution < -0.4 is 10.2 Å². The van der Waals surface area contributed by atoms with Crippen LogP contribution in [0.5, 0.6) is 0 Å². The summed E-state index contributed by atoms with van der Waals surface area (Å²) in [5.41, 5.74) is 2.75. The number of carbonyl (C=O) groups excluding carboxylic acids is 1. The number of aromatic amines is 1. The molecule has 0 aliphatic carbocycles. The summed E-state index contributed by atoms with van der Waals surface area (Å²) in [6, 6.07) is 3.63. The molecular weight excluding hydrogens is 254 g/mol. The van der Waals surface area contributed by atoms with Crippen molar-refractivity contribution in [2.24, 2.45) is 0 Å². The molecule has 0 unspecified atom stereocenters. The van der Waals surface area contributed by atoms with Crippen molar-refractivity contribution in [3.05, 3.63) is 41.3 Å². The van der Waals surface area contributed by atoms with Crippen LogP contribution in [0.3, 0.4) is 0 Å². The van der Waals surface area contributed by atoms with E-state index in [-0.39, 0.29) is 5.91 Å². The van der Waals surface area contributed by atoms with Crippen LogP contribution in [0, 0.1) is 6.92 Å². The van der Waals surface area contributed by atoms with E-state index in [1.54, 1.807) is 12.3 Å². The highest BCUT2D eigenvalue weighted by atomic mass is 16.1. The normalized spacial score (nSPS) is 10.3. The van der Waals surface area contributed by atoms with Crippen LogP contribution in [-0.2, 0) is 6.54 Å². The minimum Gasteiger partial charge on any atom is -0.355 e. The summed E-state index contributed by atoms with van der Waals surface area (Å²) in [4.78, 5) is 18.0. The van der Waals surface area contributed by atoms with Crippen molar-refractivity contribution in [3.63, 3.8) is 0 Å². The lowest BCUT2D eigenvalue weighted by Crippen LogP contribution is -2.23. The van der Waals surface area contributed by atoms with E-state index in [0.29, 0.717) is 12.1 Å². The van der Waals surface area contributed by atoms with Gasteiger partial charge in [-0.05, 0) is 26.0 Å². The summed E-state index contributed by atoms with van der Waals surface area (Å²) in [5, 5.41) is 9.66. The fraction of sp³-hybridized carbons (Fsp3) is 0.357. The Balaban J connectivity index is 2.06. The van der Waals surface area contributed by atoms with Crippen LogP contribution in [0.2, 0.25) is 0 Å². The molecule has 0 aliphatic heterocycles. The highest BCUT2D eigenvalue weighted by molar-refractivity contribution is 5.93. The van der Waals surface area contributed by atoms with Crippen LogP contribution in [0.15, 0.2) is 24.5 Å². The smallest absolute Gasteiger partial charge is 0.252 e. The average Bonchev–Trinajstić information content (AvgIpc) is 2.85. The third-order valence-electron chi connectivity index (χ3n) is 3.08. The molecule has 0 fully saturated rings. The summed E-state index contributed by atoms with van der Waals surface area (Å²) in [6.45, 7) is 5.21. The third kappa shape index (κ3) is 3.14. The first kappa shape index (κ1) is 14.0. The fourth-order valence-corrected chi connectivity index (χ4v) is 1.88. The predicted octanol–water partition coefficient (Wildman–Crippen LogP) is 1.50. The van der Waals surface area contributed by atoms with E-state index in [2.05, 4.69) is 20.5 Å². The second-order valence-electron chi connectivity index (χ2n) is 4.64. The van der Waals surface area contributed by atoms with Crippen LogP contribution in [0.25, 0.3) is 0 Å². The Morgan fingerprint density at radius 1 is 1.40 bits per heavy atom. The quantitative estimate of drug-likeness (QED) is 0.865. The fourth-order valence-electron chi connectivity index (χ4n) is 1.88. The molecule has 2 aromatic heterocycles. The van der Waals surface area contributed by atoms with Gasteiger partial charge in [-0.1, -0.05) is 0 Å². The molecule has 0 aromatic carbocycles. The molecule has 20 heavy (non-hydrogen) atoms. The van der Waals surface area contributed by atoms with Crippen LogP contribution in [0.4, 0.5) is 5.82 Å². The lowest BCUT2D eigenvalue weighted by atomic mass is 10.2. The first-order chi connectivity index (χ1) is 9.61. The van der Waals surface area contributed by atoms with Crippen molar-refractivity contribution in [1.29, 1.82) is 0 Å². The zero-order valence-electron chi connectivity index (χ0n) is 12.0. The van der Waals surface area contributed by atoms with Gasteiger partial charge in [-0.15, -0.1) is 0 Å². The number of nitrogens with one attached hydrogen (secondary N) is 2. The molecule has 0 radical (unpaired) electrons. The molecule has 2 rings (SSSR count). The Morgan fingerprint density at radius 2 is 2.20 bits per heavy atom. The number of carbonyl (C=O) groups is 1. The molecule has 106 valence electrons. The van der Waals surface area contributed by atoms with Gasteiger partial charge in [0.2, 0.25) is 0 Å². The van der Waals surface area contributed by atoms with Crippen molar-refractivity contribution in [1.82, 2.24) is 20.5 Å². The van der Waals surface area contributed by atoms with Gasteiger partial charge in [0.05, 0.1) is 11.8 Å². The number of hydrogen-bond donors (Lipinski definition) is 2. The number of nitrogens with zero attached hydrogens (tertiary/aromatic N) is 3. The van der Waals surface area contributed by atoms with Crippen molar-refractivity contribution < 1.29 is 4.79 Å². The Kier molecular flexibility index (Phi) is 4.34. The third-order valence-corrected chi connectivity index (χ3v) is 3.08. The standard InChI is InChI=1S/C14H19N5O/c1-4-15-14(20)11-5-6-13(16-7-11)19(3)9-12-8-17-18-10(12)2/h5-8H,4,9H2,1-3H3,(H,15,20)(H,17,18). The van der Waals surface area contributed by atoms with Crippen molar-refractivity contribution >= 4 is 11.7 Å². The summed E-state index contributed by atoms with van der Waals surface area (Å²) in [6.07, 6.45) is 3.41. The number of aryl methyl sites for hydroxylation is 1. The number of H-pyrrole nitrogens is 1. The molecule has 6 nitrogen and oxygen atoms in total. The van der Waals surface area contributed by atoms with Crippen LogP contribution >= 0.6 is 0 Å². The second kappa shape index (κ2) is 6.18. The first-order valence-electron chi connectivity index (χ1n) is 6.56. The van der Waals surface area contributed by atoms with Gasteiger partial charge in [0.15, 0.2) is 0 Å². The van der Waals surface area contributed by atoms with E-state index in [9.17, 15) is 4.79 Å². The lowest BCUT2D eigenvalue weighted by molar-refractivity contribution is 0.0955. The maximum absolute atomic E-state index is 11.6. The molecule has 0 bridgehead atoms. The van der Waals surface area contributed by atoms with Gasteiger partial charge in [0.1, 0.15) is 5.82 Å². The average molecular weight is 273 g/mol. The number of anilines is 1. The Labute approximate surface area is 118 Å². The molecule has 0 atom stereocenters. The molecule has 1 amide bonds. The van der Waals surface area contributed by atoms with Gasteiger partial charge in [-0.2, -0.15) is 5.10 Å². The summed E-state index contributed by atoms with van der Waals surface area (Å²) in [5.74, 6) is 0.721. The lowest BCUT2D eigenvalue weighted by Gasteiger charge is -2.17. The Bertz CT molecular complexity index is 576. The molecule has 0 saturated heterocycles. The van der Waals surface area contributed by atoms with E-state index in [4.69, 9.17) is 0 Å². The maximum atomic E-state index is 11.6. The number of rotatable bonds is 5. The SMILES string of the molecule is CCNC(=O)c1ccc(N(C)Cc2cn[nH]c2C)nc1. The van der Waals surface area contributed by atoms with E-state index >= 15 is 0 Å². The zero-order valence-corrected chi connectivity index (χ0v) is 12.0. The van der Waals surface area contributed by atoms with E-state index in [1.165, 1.54) is 0 Å². The Hall–Kier alpha value is -2.37. The number of aromatic nitrogens is 3. The van der Waals surface area contributed by atoms with Gasteiger partial charge in [0, 0.05) is 37.6 Å². The van der Waals surface area contributed by atoms with Gasteiger partial charge >= 0.3 is 0 Å². The van der Waals surface area contributed by atoms with Gasteiger partial charge in [0.25, 0.3) is 5.91 Å². The first-order valence-corrected chi connectivity index (χ1v) is 6.56. The van der Waals surface area contributed by atoms with Crippen molar-refractivity contribution in [3.8, 4) is 0 Å². The highest BCUT2D eigenvalue weighted by Gasteiger charge is 2.09. The minimum absolute atomic E-state index is 0.0973. The van der Waals surface area contributed by atoms with Gasteiger partial charge in [-0.3, -0.25) is 9.89 Å².